The van der Waals surface area contributed by atoms with Gasteiger partial charge in [-0.2, -0.15) is 0 Å². The molecule has 1 fully saturated rings. The number of hydrogen-bond donors (Lipinski definition) is 2. The molecule has 0 saturated heterocycles. The Balaban J connectivity index is 1.82. The number of nitrogens with one attached hydrogen (secondary N) is 1. The molecule has 0 radical (unpaired) electrons. The molecule has 1 heterocycles. The monoisotopic (exact) mass is 327 g/mol. The number of carbonyl (C=O) groups is 1. The summed E-state index contributed by atoms with van der Waals surface area (Å²) in [6.45, 7) is 6.08. The van der Waals surface area contributed by atoms with Crippen LogP contribution in [0, 0.1) is 17.8 Å². The van der Waals surface area contributed by atoms with Crippen LogP contribution in [0.3, 0.4) is 0 Å². The van der Waals surface area contributed by atoms with E-state index in [1.807, 2.05) is 6.08 Å². The highest BCUT2D eigenvalue weighted by Gasteiger charge is 2.30. The number of ether oxygens (including phenoxy) is 3. The Morgan fingerprint density at radius 1 is 1.39 bits per heavy atom. The summed E-state index contributed by atoms with van der Waals surface area (Å²) in [6.07, 6.45) is 4.64. The van der Waals surface area contributed by atoms with Crippen molar-refractivity contribution >= 4 is 5.91 Å². The topological polar surface area (TPSA) is 77.0 Å². The average Bonchev–Trinajstić information content (AvgIpc) is 3.36. The van der Waals surface area contributed by atoms with Gasteiger partial charge >= 0.3 is 0 Å². The van der Waals surface area contributed by atoms with E-state index in [2.05, 4.69) is 19.2 Å². The summed E-state index contributed by atoms with van der Waals surface area (Å²) in [5.41, 5.74) is 0. The molecule has 2 N–H and O–H groups in total. The predicted molar refractivity (Wildman–Crippen MR) is 85.5 cm³/mol. The van der Waals surface area contributed by atoms with Crippen LogP contribution in [0.5, 0.6) is 0 Å². The quantitative estimate of drug-likeness (QED) is 0.594. The minimum atomic E-state index is -0.424. The van der Waals surface area contributed by atoms with E-state index in [-0.39, 0.29) is 18.4 Å². The molecule has 2 rings (SSSR count). The minimum absolute atomic E-state index is 0.00338. The normalized spacial score (nSPS) is 24.3. The average molecular weight is 327 g/mol. The predicted octanol–water partition coefficient (Wildman–Crippen LogP) is 1.44. The van der Waals surface area contributed by atoms with E-state index < -0.39 is 6.29 Å². The Morgan fingerprint density at radius 2 is 2.17 bits per heavy atom. The summed E-state index contributed by atoms with van der Waals surface area (Å²) in [7, 11) is 0. The number of carbonyl (C=O) groups excluding carboxylic acids is 1. The van der Waals surface area contributed by atoms with Crippen LogP contribution in [0.25, 0.3) is 0 Å². The standard InChI is InChI=1S/C17H29NO5/c1-12(2)14-9-15(17(20)18-11-13-3-4-13)23-16(10-14)22-8-7-21-6-5-19/h9,12-14,16,19H,3-8,10-11H2,1-2H3,(H,18,20)/t14-,16+/m1/s1. The third-order valence-electron chi connectivity index (χ3n) is 4.18. The van der Waals surface area contributed by atoms with Gasteiger partial charge in [-0.3, -0.25) is 4.79 Å². The molecule has 1 amide bonds. The van der Waals surface area contributed by atoms with Crippen LogP contribution in [0.4, 0.5) is 0 Å². The van der Waals surface area contributed by atoms with E-state index in [4.69, 9.17) is 19.3 Å². The molecule has 6 nitrogen and oxygen atoms in total. The SMILES string of the molecule is CC(C)[C@@H]1C=C(C(=O)NCC2CC2)O[C@H](OCCOCCO)C1. The van der Waals surface area contributed by atoms with Crippen LogP contribution in [0.2, 0.25) is 0 Å². The Morgan fingerprint density at radius 3 is 2.83 bits per heavy atom. The van der Waals surface area contributed by atoms with Gasteiger partial charge in [0.1, 0.15) is 0 Å². The van der Waals surface area contributed by atoms with Crippen LogP contribution >= 0.6 is 0 Å². The van der Waals surface area contributed by atoms with Crippen LogP contribution in [-0.4, -0.2) is 50.3 Å². The molecule has 0 aromatic carbocycles. The van der Waals surface area contributed by atoms with Crippen molar-refractivity contribution < 1.29 is 24.1 Å². The Hall–Kier alpha value is -1.11. The highest BCUT2D eigenvalue weighted by Crippen LogP contribution is 2.30. The van der Waals surface area contributed by atoms with E-state index >= 15 is 0 Å². The molecule has 0 unspecified atom stereocenters. The largest absolute Gasteiger partial charge is 0.459 e. The minimum Gasteiger partial charge on any atom is -0.459 e. The van der Waals surface area contributed by atoms with Crippen molar-refractivity contribution in [3.05, 3.63) is 11.8 Å². The summed E-state index contributed by atoms with van der Waals surface area (Å²) < 4.78 is 16.6. The number of amides is 1. The molecule has 1 aliphatic carbocycles. The number of hydrogen-bond acceptors (Lipinski definition) is 5. The summed E-state index contributed by atoms with van der Waals surface area (Å²) >= 11 is 0. The van der Waals surface area contributed by atoms with Gasteiger partial charge in [-0.25, -0.2) is 0 Å². The van der Waals surface area contributed by atoms with Gasteiger partial charge < -0.3 is 24.6 Å². The summed E-state index contributed by atoms with van der Waals surface area (Å²) in [5, 5.41) is 11.6. The summed E-state index contributed by atoms with van der Waals surface area (Å²) in [5.74, 6) is 1.54. The first kappa shape index (κ1) is 18.2. The van der Waals surface area contributed by atoms with Gasteiger partial charge in [0.2, 0.25) is 6.29 Å². The third-order valence-corrected chi connectivity index (χ3v) is 4.18. The zero-order valence-electron chi connectivity index (χ0n) is 14.1. The van der Waals surface area contributed by atoms with Crippen LogP contribution < -0.4 is 5.32 Å². The first-order valence-corrected chi connectivity index (χ1v) is 8.57. The molecule has 2 aliphatic rings. The molecule has 0 bridgehead atoms. The van der Waals surface area contributed by atoms with E-state index in [0.29, 0.717) is 37.4 Å². The van der Waals surface area contributed by atoms with E-state index in [0.717, 1.165) is 13.0 Å². The second-order valence-electron chi connectivity index (χ2n) is 6.58. The molecule has 132 valence electrons. The van der Waals surface area contributed by atoms with Gasteiger partial charge in [0.05, 0.1) is 26.4 Å². The maximum absolute atomic E-state index is 12.2. The van der Waals surface area contributed by atoms with Crippen molar-refractivity contribution in [3.8, 4) is 0 Å². The van der Waals surface area contributed by atoms with Crippen molar-refractivity contribution in [2.24, 2.45) is 17.8 Å². The van der Waals surface area contributed by atoms with E-state index in [1.165, 1.54) is 12.8 Å². The second kappa shape index (κ2) is 9.25. The lowest BCUT2D eigenvalue weighted by Gasteiger charge is -2.30. The van der Waals surface area contributed by atoms with Gasteiger partial charge in [-0.1, -0.05) is 13.8 Å². The molecule has 1 saturated carbocycles. The number of aliphatic hydroxyl groups excluding tert-OH is 1. The number of allylic oxidation sites excluding steroid dienone is 1. The summed E-state index contributed by atoms with van der Waals surface area (Å²) in [6, 6.07) is 0. The van der Waals surface area contributed by atoms with Crippen molar-refractivity contribution in [1.29, 1.82) is 0 Å². The van der Waals surface area contributed by atoms with Crippen molar-refractivity contribution in [2.75, 3.05) is 33.0 Å². The molecular weight excluding hydrogens is 298 g/mol. The first-order valence-electron chi connectivity index (χ1n) is 8.57. The highest BCUT2D eigenvalue weighted by molar-refractivity contribution is 5.91. The maximum atomic E-state index is 12.2. The van der Waals surface area contributed by atoms with Crippen LogP contribution in [-0.2, 0) is 19.0 Å². The van der Waals surface area contributed by atoms with Crippen molar-refractivity contribution in [2.45, 2.75) is 39.4 Å². The lowest BCUT2D eigenvalue weighted by molar-refractivity contribution is -0.155. The van der Waals surface area contributed by atoms with Gasteiger partial charge in [0.15, 0.2) is 5.76 Å². The van der Waals surface area contributed by atoms with E-state index in [9.17, 15) is 4.79 Å². The van der Waals surface area contributed by atoms with Gasteiger partial charge in [-0.05, 0) is 36.7 Å². The van der Waals surface area contributed by atoms with Gasteiger partial charge in [-0.15, -0.1) is 0 Å². The molecular formula is C17H29NO5. The second-order valence-corrected chi connectivity index (χ2v) is 6.58. The zero-order chi connectivity index (χ0) is 16.7. The molecule has 6 heteroatoms. The van der Waals surface area contributed by atoms with Crippen LogP contribution in [0.15, 0.2) is 11.8 Å². The Labute approximate surface area is 138 Å². The molecule has 0 aromatic heterocycles. The van der Waals surface area contributed by atoms with E-state index in [1.54, 1.807) is 0 Å². The first-order chi connectivity index (χ1) is 11.1. The maximum Gasteiger partial charge on any atom is 0.286 e. The molecule has 0 aromatic rings. The molecule has 2 atom stereocenters. The fraction of sp³-hybridized carbons (Fsp3) is 0.824. The van der Waals surface area contributed by atoms with Crippen molar-refractivity contribution in [1.82, 2.24) is 5.32 Å². The summed E-state index contributed by atoms with van der Waals surface area (Å²) in [4.78, 5) is 12.2. The lowest BCUT2D eigenvalue weighted by Crippen LogP contribution is -2.35. The fourth-order valence-electron chi connectivity index (χ4n) is 2.46. The molecule has 0 spiro atoms. The smallest absolute Gasteiger partial charge is 0.286 e. The third kappa shape index (κ3) is 6.49. The number of aliphatic hydroxyl groups is 1. The zero-order valence-corrected chi connectivity index (χ0v) is 14.1. The Bertz CT molecular complexity index is 406. The van der Waals surface area contributed by atoms with Crippen LogP contribution in [0.1, 0.15) is 33.1 Å². The fourth-order valence-corrected chi connectivity index (χ4v) is 2.46. The van der Waals surface area contributed by atoms with Gasteiger partial charge in [0, 0.05) is 13.0 Å². The molecule has 23 heavy (non-hydrogen) atoms. The number of rotatable bonds is 10. The molecule has 1 aliphatic heterocycles. The lowest BCUT2D eigenvalue weighted by atomic mass is 9.90. The highest BCUT2D eigenvalue weighted by atomic mass is 16.7. The Kier molecular flexibility index (Phi) is 7.33. The van der Waals surface area contributed by atoms with Crippen molar-refractivity contribution in [3.63, 3.8) is 0 Å². The van der Waals surface area contributed by atoms with Gasteiger partial charge in [0.25, 0.3) is 5.91 Å².